The molecule has 0 unspecified atom stereocenters. The van der Waals surface area contributed by atoms with Gasteiger partial charge in [-0.2, -0.15) is 0 Å². The zero-order valence-corrected chi connectivity index (χ0v) is 11.9. The third kappa shape index (κ3) is 2.36. The lowest BCUT2D eigenvalue weighted by Gasteiger charge is -2.18. The van der Waals surface area contributed by atoms with Crippen LogP contribution in [0.3, 0.4) is 0 Å². The first-order chi connectivity index (χ1) is 10.5. The molecular weight excluding hydrogens is 309 g/mol. The van der Waals surface area contributed by atoms with Crippen molar-refractivity contribution in [3.63, 3.8) is 0 Å². The lowest BCUT2D eigenvalue weighted by atomic mass is 10.1. The van der Waals surface area contributed by atoms with Gasteiger partial charge in [-0.15, -0.1) is 0 Å². The van der Waals surface area contributed by atoms with Crippen molar-refractivity contribution < 1.29 is 9.60 Å². The molecule has 1 aromatic heterocycles. The Morgan fingerprint density at radius 1 is 1.36 bits per heavy atom. The van der Waals surface area contributed by atoms with Crippen molar-refractivity contribution >= 4 is 40.1 Å². The summed E-state index contributed by atoms with van der Waals surface area (Å²) < 4.78 is 13.7. The third-order valence-electron chi connectivity index (χ3n) is 3.13. The summed E-state index contributed by atoms with van der Waals surface area (Å²) in [6, 6.07) is 8.90. The fraction of sp³-hybridized carbons (Fsp3) is 0. The van der Waals surface area contributed by atoms with Crippen molar-refractivity contribution in [2.24, 2.45) is 0 Å². The number of amidine groups is 1. The summed E-state index contributed by atoms with van der Waals surface area (Å²) in [4.78, 5) is 6.52. The second-order valence-corrected chi connectivity index (χ2v) is 5.02. The molecule has 0 saturated heterocycles. The van der Waals surface area contributed by atoms with E-state index in [2.05, 4.69) is 9.97 Å². The minimum Gasteiger partial charge on any atom is -0.369 e. The number of benzene rings is 2. The molecule has 0 aliphatic heterocycles. The third-order valence-corrected chi connectivity index (χ3v) is 3.37. The van der Waals surface area contributed by atoms with Crippen LogP contribution in [-0.4, -0.2) is 21.0 Å². The van der Waals surface area contributed by atoms with E-state index in [4.69, 9.17) is 22.7 Å². The molecule has 0 atom stereocenters. The predicted octanol–water partition coefficient (Wildman–Crippen LogP) is 3.16. The van der Waals surface area contributed by atoms with Crippen molar-refractivity contribution in [1.29, 1.82) is 5.41 Å². The standard InChI is InChI=1S/C14H11ClFN5O/c15-7-2-1-3-8(6-7)21(22)13(17)9-4-5-10(16)12-11(9)19-14(18)20-12/h1-6,17,22H,(H3,18,19,20). The second kappa shape index (κ2) is 5.28. The normalized spacial score (nSPS) is 10.9. The fourth-order valence-electron chi connectivity index (χ4n) is 2.13. The van der Waals surface area contributed by atoms with E-state index in [9.17, 15) is 9.60 Å². The Bertz CT molecular complexity index is 879. The van der Waals surface area contributed by atoms with E-state index in [1.165, 1.54) is 12.1 Å². The number of nitrogen functional groups attached to an aromatic ring is 1. The van der Waals surface area contributed by atoms with Gasteiger partial charge in [-0.1, -0.05) is 17.7 Å². The Balaban J connectivity index is 2.07. The molecule has 0 aliphatic rings. The van der Waals surface area contributed by atoms with Gasteiger partial charge in [0.2, 0.25) is 0 Å². The molecule has 2 aromatic carbocycles. The number of rotatable bonds is 2. The first-order valence-corrected chi connectivity index (χ1v) is 6.62. The Hall–Kier alpha value is -2.64. The molecule has 0 saturated carbocycles. The maximum atomic E-state index is 13.7. The average Bonchev–Trinajstić information content (AvgIpc) is 2.88. The van der Waals surface area contributed by atoms with Gasteiger partial charge in [-0.05, 0) is 30.3 Å². The summed E-state index contributed by atoms with van der Waals surface area (Å²) in [7, 11) is 0. The summed E-state index contributed by atoms with van der Waals surface area (Å²) >= 11 is 5.87. The zero-order chi connectivity index (χ0) is 15.9. The number of nitrogens with one attached hydrogen (secondary N) is 2. The topological polar surface area (TPSA) is 102 Å². The van der Waals surface area contributed by atoms with Crippen LogP contribution in [0.1, 0.15) is 5.56 Å². The van der Waals surface area contributed by atoms with Crippen molar-refractivity contribution in [1.82, 2.24) is 9.97 Å². The monoisotopic (exact) mass is 319 g/mol. The van der Waals surface area contributed by atoms with Gasteiger partial charge in [0, 0.05) is 10.6 Å². The number of aromatic nitrogens is 2. The van der Waals surface area contributed by atoms with Crippen molar-refractivity contribution in [3.05, 3.63) is 52.8 Å². The van der Waals surface area contributed by atoms with E-state index in [1.54, 1.807) is 18.2 Å². The van der Waals surface area contributed by atoms with Crippen LogP contribution in [0.5, 0.6) is 0 Å². The van der Waals surface area contributed by atoms with Crippen molar-refractivity contribution in [2.75, 3.05) is 10.8 Å². The van der Waals surface area contributed by atoms with Crippen LogP contribution >= 0.6 is 11.6 Å². The SMILES string of the molecule is N=C(c1ccc(F)c2nc(N)[nH]c12)N(O)c1cccc(Cl)c1. The summed E-state index contributed by atoms with van der Waals surface area (Å²) in [5.41, 5.74) is 6.35. The Morgan fingerprint density at radius 3 is 2.86 bits per heavy atom. The molecule has 0 amide bonds. The second-order valence-electron chi connectivity index (χ2n) is 4.58. The number of nitrogens with zero attached hydrogens (tertiary/aromatic N) is 2. The molecule has 3 rings (SSSR count). The molecule has 5 N–H and O–H groups in total. The molecule has 22 heavy (non-hydrogen) atoms. The van der Waals surface area contributed by atoms with Gasteiger partial charge < -0.3 is 10.7 Å². The first kappa shape index (κ1) is 14.3. The summed E-state index contributed by atoms with van der Waals surface area (Å²) in [6.07, 6.45) is 0. The van der Waals surface area contributed by atoms with Gasteiger partial charge in [0.15, 0.2) is 17.6 Å². The molecule has 112 valence electrons. The Labute approximate surface area is 129 Å². The van der Waals surface area contributed by atoms with Crippen LogP contribution in [0.2, 0.25) is 5.02 Å². The number of H-pyrrole nitrogens is 1. The van der Waals surface area contributed by atoms with Crippen LogP contribution in [0, 0.1) is 11.2 Å². The van der Waals surface area contributed by atoms with Crippen LogP contribution in [0.25, 0.3) is 11.0 Å². The highest BCUT2D eigenvalue weighted by Crippen LogP contribution is 2.24. The molecule has 6 nitrogen and oxygen atoms in total. The van der Waals surface area contributed by atoms with Gasteiger partial charge in [0.25, 0.3) is 0 Å². The first-order valence-electron chi connectivity index (χ1n) is 6.24. The number of halogens is 2. The number of aromatic amines is 1. The van der Waals surface area contributed by atoms with E-state index >= 15 is 0 Å². The maximum absolute atomic E-state index is 13.7. The smallest absolute Gasteiger partial charge is 0.198 e. The molecule has 0 fully saturated rings. The largest absolute Gasteiger partial charge is 0.369 e. The summed E-state index contributed by atoms with van der Waals surface area (Å²) in [5, 5.41) is 19.4. The number of fused-ring (bicyclic) bond motifs is 1. The summed E-state index contributed by atoms with van der Waals surface area (Å²) in [6.45, 7) is 0. The Morgan fingerprint density at radius 2 is 2.14 bits per heavy atom. The molecule has 8 heteroatoms. The van der Waals surface area contributed by atoms with E-state index in [-0.39, 0.29) is 28.4 Å². The fourth-order valence-corrected chi connectivity index (χ4v) is 2.31. The molecule has 0 aliphatic carbocycles. The molecule has 3 aromatic rings. The number of hydrogen-bond acceptors (Lipinski definition) is 4. The number of hydroxylamine groups is 1. The minimum atomic E-state index is -0.563. The van der Waals surface area contributed by atoms with Crippen LogP contribution in [0.15, 0.2) is 36.4 Å². The zero-order valence-electron chi connectivity index (χ0n) is 11.1. The predicted molar refractivity (Wildman–Crippen MR) is 83.0 cm³/mol. The van der Waals surface area contributed by atoms with Gasteiger partial charge in [0.05, 0.1) is 11.2 Å². The highest BCUT2D eigenvalue weighted by molar-refractivity contribution is 6.31. The number of anilines is 2. The number of nitrogens with two attached hydrogens (primary N) is 1. The van der Waals surface area contributed by atoms with Crippen LogP contribution < -0.4 is 10.8 Å². The number of hydrogen-bond donors (Lipinski definition) is 4. The molecule has 0 bridgehead atoms. The van der Waals surface area contributed by atoms with E-state index < -0.39 is 5.82 Å². The molecular formula is C14H11ClFN5O. The van der Waals surface area contributed by atoms with Gasteiger partial charge >= 0.3 is 0 Å². The Kier molecular flexibility index (Phi) is 3.44. The van der Waals surface area contributed by atoms with Gasteiger partial charge in [0.1, 0.15) is 5.52 Å². The molecule has 0 spiro atoms. The molecule has 0 radical (unpaired) electrons. The highest BCUT2D eigenvalue weighted by atomic mass is 35.5. The number of imidazole rings is 1. The maximum Gasteiger partial charge on any atom is 0.198 e. The van der Waals surface area contributed by atoms with E-state index in [1.807, 2.05) is 0 Å². The summed E-state index contributed by atoms with van der Waals surface area (Å²) in [5.74, 6) is -0.802. The minimum absolute atomic E-state index is 0.0132. The highest BCUT2D eigenvalue weighted by Gasteiger charge is 2.18. The van der Waals surface area contributed by atoms with Crippen LogP contribution in [-0.2, 0) is 0 Å². The van der Waals surface area contributed by atoms with E-state index in [0.717, 1.165) is 6.07 Å². The lowest BCUT2D eigenvalue weighted by molar-refractivity contribution is 0.312. The lowest BCUT2D eigenvalue weighted by Crippen LogP contribution is -2.27. The van der Waals surface area contributed by atoms with Crippen LogP contribution in [0.4, 0.5) is 16.0 Å². The van der Waals surface area contributed by atoms with Crippen molar-refractivity contribution in [2.45, 2.75) is 0 Å². The van der Waals surface area contributed by atoms with Crippen molar-refractivity contribution in [3.8, 4) is 0 Å². The molecule has 1 heterocycles. The average molecular weight is 320 g/mol. The van der Waals surface area contributed by atoms with E-state index in [0.29, 0.717) is 15.8 Å². The van der Waals surface area contributed by atoms with Gasteiger partial charge in [-0.25, -0.2) is 14.4 Å². The quantitative estimate of drug-likeness (QED) is 0.331. The van der Waals surface area contributed by atoms with Gasteiger partial charge in [-0.3, -0.25) is 10.6 Å².